The fraction of sp³-hybridized carbons (Fsp3) is 0.500. The number of carbonyl (C=O) groups excluding carboxylic acids is 2. The molecule has 134 valence electrons. The number of aliphatic hydroxyl groups excluding tert-OH is 1. The van der Waals surface area contributed by atoms with Crippen LogP contribution in [0, 0.1) is 0 Å². The number of ether oxygens (including phenoxy) is 1. The molecule has 1 saturated carbocycles. The maximum absolute atomic E-state index is 11.6. The van der Waals surface area contributed by atoms with Crippen LogP contribution in [0.15, 0.2) is 24.3 Å². The first-order valence-electron chi connectivity index (χ1n) is 7.80. The highest BCUT2D eigenvalue weighted by Crippen LogP contribution is 2.24. The van der Waals surface area contributed by atoms with E-state index in [-0.39, 0.29) is 43.4 Å². The highest BCUT2D eigenvalue weighted by molar-refractivity contribution is 5.94. The van der Waals surface area contributed by atoms with E-state index in [2.05, 4.69) is 10.6 Å². The normalized spacial score (nSPS) is 19.8. The number of hydrogen-bond donors (Lipinski definition) is 4. The van der Waals surface area contributed by atoms with E-state index >= 15 is 0 Å². The molecule has 0 bridgehead atoms. The Morgan fingerprint density at radius 1 is 1.17 bits per heavy atom. The minimum absolute atomic E-state index is 0. The van der Waals surface area contributed by atoms with Crippen molar-refractivity contribution in [3.05, 3.63) is 24.3 Å². The van der Waals surface area contributed by atoms with Crippen molar-refractivity contribution in [2.45, 2.75) is 37.9 Å². The Hall–Kier alpha value is -1.83. The van der Waals surface area contributed by atoms with Crippen LogP contribution in [0.3, 0.4) is 0 Å². The summed E-state index contributed by atoms with van der Waals surface area (Å²) in [6.07, 6.45) is 3.12. The number of rotatable bonds is 6. The zero-order chi connectivity index (χ0) is 16.7. The monoisotopic (exact) mass is 357 g/mol. The highest BCUT2D eigenvalue weighted by atomic mass is 35.5. The van der Waals surface area contributed by atoms with Crippen LogP contribution in [0.4, 0.5) is 5.69 Å². The maximum atomic E-state index is 11.6. The third kappa shape index (κ3) is 6.35. The molecule has 0 spiro atoms. The molecule has 0 saturated heterocycles. The largest absolute Gasteiger partial charge is 0.488 e. The second-order valence-electron chi connectivity index (χ2n) is 5.56. The first kappa shape index (κ1) is 20.2. The summed E-state index contributed by atoms with van der Waals surface area (Å²) < 4.78 is 5.79. The summed E-state index contributed by atoms with van der Waals surface area (Å²) in [5, 5.41) is 15.0. The summed E-state index contributed by atoms with van der Waals surface area (Å²) in [6.45, 7) is -0.269. The predicted molar refractivity (Wildman–Crippen MR) is 93.3 cm³/mol. The number of aliphatic hydroxyl groups is 1. The number of nitrogens with two attached hydrogens (primary N) is 1. The molecule has 24 heavy (non-hydrogen) atoms. The molecule has 7 nitrogen and oxygen atoms in total. The van der Waals surface area contributed by atoms with Gasteiger partial charge in [0.2, 0.25) is 11.8 Å². The maximum Gasteiger partial charge on any atom is 0.243 e. The molecule has 2 amide bonds. The SMILES string of the molecule is Cl.NCC(=O)NCC(=O)Nc1ccc(OC2CCCCC2O)cc1. The first-order chi connectivity index (χ1) is 11.1. The lowest BCUT2D eigenvalue weighted by molar-refractivity contribution is -0.123. The molecule has 5 N–H and O–H groups in total. The van der Waals surface area contributed by atoms with Gasteiger partial charge in [-0.3, -0.25) is 9.59 Å². The van der Waals surface area contributed by atoms with Crippen LogP contribution in [0.2, 0.25) is 0 Å². The molecule has 0 aliphatic heterocycles. The van der Waals surface area contributed by atoms with Crippen molar-refractivity contribution in [3.8, 4) is 5.75 Å². The highest BCUT2D eigenvalue weighted by Gasteiger charge is 2.24. The van der Waals surface area contributed by atoms with Crippen LogP contribution in [0.5, 0.6) is 5.75 Å². The Bertz CT molecular complexity index is 539. The van der Waals surface area contributed by atoms with E-state index in [1.807, 2.05) is 0 Å². The number of amides is 2. The number of carbonyl (C=O) groups is 2. The van der Waals surface area contributed by atoms with Crippen molar-refractivity contribution in [2.75, 3.05) is 18.4 Å². The molecule has 2 atom stereocenters. The lowest BCUT2D eigenvalue weighted by Crippen LogP contribution is -2.36. The number of benzene rings is 1. The summed E-state index contributed by atoms with van der Waals surface area (Å²) in [4.78, 5) is 22.6. The molecule has 8 heteroatoms. The van der Waals surface area contributed by atoms with Crippen molar-refractivity contribution < 1.29 is 19.4 Å². The average Bonchev–Trinajstić information content (AvgIpc) is 2.56. The Morgan fingerprint density at radius 3 is 2.46 bits per heavy atom. The summed E-state index contributed by atoms with van der Waals surface area (Å²) >= 11 is 0. The van der Waals surface area contributed by atoms with Gasteiger partial charge in [-0.15, -0.1) is 12.4 Å². The summed E-state index contributed by atoms with van der Waals surface area (Å²) in [7, 11) is 0. The van der Waals surface area contributed by atoms with Crippen LogP contribution >= 0.6 is 12.4 Å². The van der Waals surface area contributed by atoms with Crippen molar-refractivity contribution >= 4 is 29.9 Å². The van der Waals surface area contributed by atoms with Gasteiger partial charge in [-0.1, -0.05) is 6.42 Å². The van der Waals surface area contributed by atoms with Crippen LogP contribution in [-0.4, -0.2) is 42.2 Å². The Kier molecular flexibility index (Phi) is 8.53. The Morgan fingerprint density at radius 2 is 1.83 bits per heavy atom. The van der Waals surface area contributed by atoms with Crippen molar-refractivity contribution in [3.63, 3.8) is 0 Å². The van der Waals surface area contributed by atoms with E-state index in [1.165, 1.54) is 0 Å². The van der Waals surface area contributed by atoms with Crippen LogP contribution in [0.1, 0.15) is 25.7 Å². The molecule has 2 rings (SSSR count). The lowest BCUT2D eigenvalue weighted by Gasteiger charge is -2.28. The fourth-order valence-corrected chi connectivity index (χ4v) is 2.46. The van der Waals surface area contributed by atoms with Crippen LogP contribution in [0.25, 0.3) is 0 Å². The van der Waals surface area contributed by atoms with E-state index in [1.54, 1.807) is 24.3 Å². The Labute approximate surface area is 147 Å². The summed E-state index contributed by atoms with van der Waals surface area (Å²) in [5.74, 6) is -0.0523. The molecule has 1 aliphatic carbocycles. The zero-order valence-corrected chi connectivity index (χ0v) is 14.2. The van der Waals surface area contributed by atoms with Gasteiger partial charge in [0.25, 0.3) is 0 Å². The van der Waals surface area contributed by atoms with E-state index < -0.39 is 6.10 Å². The van der Waals surface area contributed by atoms with Crippen LogP contribution < -0.4 is 21.1 Å². The van der Waals surface area contributed by atoms with Crippen molar-refractivity contribution in [1.82, 2.24) is 5.32 Å². The van der Waals surface area contributed by atoms with Gasteiger partial charge in [0, 0.05) is 5.69 Å². The second kappa shape index (κ2) is 10.1. The van der Waals surface area contributed by atoms with Gasteiger partial charge in [-0.25, -0.2) is 0 Å². The topological polar surface area (TPSA) is 114 Å². The summed E-state index contributed by atoms with van der Waals surface area (Å²) in [5.41, 5.74) is 5.74. The molecule has 0 heterocycles. The van der Waals surface area contributed by atoms with Gasteiger partial charge in [-0.05, 0) is 43.5 Å². The van der Waals surface area contributed by atoms with Crippen LogP contribution in [-0.2, 0) is 9.59 Å². The Balaban J connectivity index is 0.00000288. The van der Waals surface area contributed by atoms with E-state index in [4.69, 9.17) is 10.5 Å². The van der Waals surface area contributed by atoms with E-state index in [9.17, 15) is 14.7 Å². The second-order valence-corrected chi connectivity index (χ2v) is 5.56. The molecule has 1 aliphatic rings. The number of nitrogens with one attached hydrogen (secondary N) is 2. The number of hydrogen-bond acceptors (Lipinski definition) is 5. The van der Waals surface area contributed by atoms with Gasteiger partial charge in [0.15, 0.2) is 0 Å². The van der Waals surface area contributed by atoms with Gasteiger partial charge in [0.05, 0.1) is 19.2 Å². The molecule has 0 radical (unpaired) electrons. The molecule has 2 unspecified atom stereocenters. The first-order valence-corrected chi connectivity index (χ1v) is 7.80. The molecule has 1 aromatic rings. The minimum Gasteiger partial charge on any atom is -0.488 e. The smallest absolute Gasteiger partial charge is 0.243 e. The molecule has 1 aromatic carbocycles. The molecule has 1 fully saturated rings. The van der Waals surface area contributed by atoms with E-state index in [0.29, 0.717) is 11.4 Å². The van der Waals surface area contributed by atoms with Gasteiger partial charge in [-0.2, -0.15) is 0 Å². The average molecular weight is 358 g/mol. The number of halogens is 1. The predicted octanol–water partition coefficient (Wildman–Crippen LogP) is 0.804. The van der Waals surface area contributed by atoms with Gasteiger partial charge in [0.1, 0.15) is 11.9 Å². The molecule has 0 aromatic heterocycles. The van der Waals surface area contributed by atoms with Gasteiger partial charge < -0.3 is 26.2 Å². The fourth-order valence-electron chi connectivity index (χ4n) is 2.46. The quantitative estimate of drug-likeness (QED) is 0.601. The standard InChI is InChI=1S/C16H23N3O4.ClH/c17-9-15(21)18-10-16(22)19-11-5-7-12(8-6-11)23-14-4-2-1-3-13(14)20;/h5-8,13-14,20H,1-4,9-10,17H2,(H,18,21)(H,19,22);1H. The third-order valence-corrected chi connectivity index (χ3v) is 3.72. The summed E-state index contributed by atoms with van der Waals surface area (Å²) in [6, 6.07) is 6.92. The van der Waals surface area contributed by atoms with Crippen molar-refractivity contribution in [2.24, 2.45) is 5.73 Å². The zero-order valence-electron chi connectivity index (χ0n) is 13.4. The molecular formula is C16H24ClN3O4. The van der Waals surface area contributed by atoms with E-state index in [0.717, 1.165) is 25.7 Å². The van der Waals surface area contributed by atoms with Gasteiger partial charge >= 0.3 is 0 Å². The number of anilines is 1. The van der Waals surface area contributed by atoms with Crippen molar-refractivity contribution in [1.29, 1.82) is 0 Å². The lowest BCUT2D eigenvalue weighted by atomic mass is 9.95. The minimum atomic E-state index is -0.422. The third-order valence-electron chi connectivity index (χ3n) is 3.72. The molecular weight excluding hydrogens is 334 g/mol.